The van der Waals surface area contributed by atoms with Crippen molar-refractivity contribution >= 4 is 0 Å². The molecule has 0 saturated carbocycles. The largest absolute Gasteiger partial charge is 0.416 e. The van der Waals surface area contributed by atoms with E-state index in [4.69, 9.17) is 0 Å². The summed E-state index contributed by atoms with van der Waals surface area (Å²) in [5, 5.41) is 9.33. The number of pyridine rings is 1. The van der Waals surface area contributed by atoms with E-state index in [1.807, 2.05) is 19.1 Å². The van der Waals surface area contributed by atoms with Gasteiger partial charge in [-0.1, -0.05) is 17.7 Å². The van der Waals surface area contributed by atoms with E-state index in [1.165, 1.54) is 6.07 Å². The third kappa shape index (κ3) is 3.54. The average molecular weight is 386 g/mol. The van der Waals surface area contributed by atoms with Gasteiger partial charge in [-0.25, -0.2) is 4.39 Å². The smallest absolute Gasteiger partial charge is 0.321 e. The van der Waals surface area contributed by atoms with Gasteiger partial charge in [0.05, 0.1) is 5.56 Å². The zero-order valence-corrected chi connectivity index (χ0v) is 14.9. The number of hydrogen-bond donors (Lipinski definition) is 1. The highest BCUT2D eigenvalue weighted by Crippen LogP contribution is 2.35. The van der Waals surface area contributed by atoms with Gasteiger partial charge in [-0.15, -0.1) is 0 Å². The molecule has 0 aliphatic carbocycles. The number of aryl methyl sites for hydroxylation is 2. The summed E-state index contributed by atoms with van der Waals surface area (Å²) < 4.78 is 53.6. The van der Waals surface area contributed by atoms with Crippen LogP contribution < -0.4 is 5.56 Å². The Morgan fingerprint density at radius 1 is 0.964 bits per heavy atom. The van der Waals surface area contributed by atoms with E-state index in [9.17, 15) is 27.6 Å². The van der Waals surface area contributed by atoms with Crippen LogP contribution in [0.4, 0.5) is 17.6 Å². The van der Waals surface area contributed by atoms with Crippen molar-refractivity contribution in [2.75, 3.05) is 0 Å². The van der Waals surface area contributed by atoms with Crippen molar-refractivity contribution < 1.29 is 17.6 Å². The van der Waals surface area contributed by atoms with Crippen molar-refractivity contribution in [2.45, 2.75) is 20.0 Å². The number of rotatable bonds is 2. The van der Waals surface area contributed by atoms with Crippen LogP contribution in [-0.4, -0.2) is 4.98 Å². The summed E-state index contributed by atoms with van der Waals surface area (Å²) in [5.74, 6) is -0.956. The second kappa shape index (κ2) is 6.97. The number of benzene rings is 2. The number of nitriles is 1. The minimum atomic E-state index is -4.69. The van der Waals surface area contributed by atoms with Crippen LogP contribution in [0.2, 0.25) is 0 Å². The summed E-state index contributed by atoms with van der Waals surface area (Å²) in [6.07, 6.45) is -4.69. The normalized spacial score (nSPS) is 11.3. The lowest BCUT2D eigenvalue weighted by atomic mass is 9.95. The van der Waals surface area contributed by atoms with E-state index in [2.05, 4.69) is 4.98 Å². The molecule has 3 aromatic rings. The molecule has 142 valence electrons. The van der Waals surface area contributed by atoms with Crippen LogP contribution in [0.3, 0.4) is 0 Å². The summed E-state index contributed by atoms with van der Waals surface area (Å²) in [7, 11) is 0. The van der Waals surface area contributed by atoms with Gasteiger partial charge in [-0.2, -0.15) is 18.4 Å². The van der Waals surface area contributed by atoms with Crippen molar-refractivity contribution in [1.29, 1.82) is 5.26 Å². The Kier molecular flexibility index (Phi) is 4.82. The maximum Gasteiger partial charge on any atom is 0.416 e. The molecule has 0 bridgehead atoms. The molecule has 0 unspecified atom stereocenters. The predicted octanol–water partition coefficient (Wildman–Crippen LogP) is 5.36. The van der Waals surface area contributed by atoms with Gasteiger partial charge in [-0.3, -0.25) is 4.79 Å². The van der Waals surface area contributed by atoms with Gasteiger partial charge in [0.15, 0.2) is 0 Å². The van der Waals surface area contributed by atoms with E-state index in [0.717, 1.165) is 11.1 Å². The molecule has 0 saturated heterocycles. The molecule has 1 aromatic heterocycles. The SMILES string of the molecule is Cc1ccc(C)c(-c2cc(-c3cc(C(F)(F)F)ccc3F)c(C#N)c(=O)[nH]2)c1. The highest BCUT2D eigenvalue weighted by Gasteiger charge is 2.31. The van der Waals surface area contributed by atoms with Crippen LogP contribution in [0, 0.1) is 31.0 Å². The minimum Gasteiger partial charge on any atom is -0.321 e. The first kappa shape index (κ1) is 19.4. The van der Waals surface area contributed by atoms with Gasteiger partial charge in [0.2, 0.25) is 0 Å². The van der Waals surface area contributed by atoms with Crippen LogP contribution in [0.15, 0.2) is 47.3 Å². The Balaban J connectivity index is 2.33. The van der Waals surface area contributed by atoms with Crippen LogP contribution >= 0.6 is 0 Å². The number of aromatic nitrogens is 1. The van der Waals surface area contributed by atoms with Crippen molar-refractivity contribution in [3.63, 3.8) is 0 Å². The highest BCUT2D eigenvalue weighted by molar-refractivity contribution is 5.77. The first-order chi connectivity index (χ1) is 13.1. The standard InChI is InChI=1S/C21H14F4N2O/c1-11-3-4-12(2)14(7-11)19-9-15(17(10-26)20(28)27-19)16-8-13(21(23,24)25)5-6-18(16)22/h3-9H,1-2H3,(H,27,28). The summed E-state index contributed by atoms with van der Waals surface area (Å²) in [6, 6.07) is 10.4. The zero-order chi connectivity index (χ0) is 20.6. The fraction of sp³-hybridized carbons (Fsp3) is 0.143. The van der Waals surface area contributed by atoms with E-state index in [-0.39, 0.29) is 11.3 Å². The van der Waals surface area contributed by atoms with E-state index < -0.39 is 34.2 Å². The summed E-state index contributed by atoms with van der Waals surface area (Å²) in [4.78, 5) is 15.0. The third-order valence-electron chi connectivity index (χ3n) is 4.41. The number of H-pyrrole nitrogens is 1. The van der Waals surface area contributed by atoms with E-state index >= 15 is 0 Å². The van der Waals surface area contributed by atoms with Crippen molar-refractivity contribution in [3.8, 4) is 28.5 Å². The fourth-order valence-electron chi connectivity index (χ4n) is 2.96. The molecule has 0 fully saturated rings. The molecule has 1 N–H and O–H groups in total. The van der Waals surface area contributed by atoms with Crippen LogP contribution in [0.1, 0.15) is 22.3 Å². The summed E-state index contributed by atoms with van der Waals surface area (Å²) in [6.45, 7) is 3.65. The summed E-state index contributed by atoms with van der Waals surface area (Å²) >= 11 is 0. The number of nitrogens with zero attached hydrogens (tertiary/aromatic N) is 1. The molecule has 28 heavy (non-hydrogen) atoms. The van der Waals surface area contributed by atoms with Crippen molar-refractivity contribution in [3.05, 3.63) is 80.9 Å². The quantitative estimate of drug-likeness (QED) is 0.603. The predicted molar refractivity (Wildman–Crippen MR) is 97.1 cm³/mol. The molecule has 2 aromatic carbocycles. The van der Waals surface area contributed by atoms with Crippen LogP contribution in [0.5, 0.6) is 0 Å². The molecule has 1 heterocycles. The number of aromatic amines is 1. The molecule has 0 spiro atoms. The highest BCUT2D eigenvalue weighted by atomic mass is 19.4. The first-order valence-electron chi connectivity index (χ1n) is 8.24. The Bertz CT molecular complexity index is 1170. The Morgan fingerprint density at radius 3 is 2.32 bits per heavy atom. The fourth-order valence-corrected chi connectivity index (χ4v) is 2.96. The Hall–Kier alpha value is -3.40. The second-order valence-electron chi connectivity index (χ2n) is 6.42. The van der Waals surface area contributed by atoms with Gasteiger partial charge in [0.25, 0.3) is 5.56 Å². The minimum absolute atomic E-state index is 0.189. The maximum atomic E-state index is 14.4. The molecule has 3 rings (SSSR count). The molecule has 0 aliphatic rings. The lowest BCUT2D eigenvalue weighted by molar-refractivity contribution is -0.137. The van der Waals surface area contributed by atoms with Gasteiger partial charge < -0.3 is 4.98 Å². The maximum absolute atomic E-state index is 14.4. The molecule has 3 nitrogen and oxygen atoms in total. The number of hydrogen-bond acceptors (Lipinski definition) is 2. The van der Waals surface area contributed by atoms with Gasteiger partial charge in [0, 0.05) is 22.4 Å². The van der Waals surface area contributed by atoms with Gasteiger partial charge >= 0.3 is 6.18 Å². The van der Waals surface area contributed by atoms with Gasteiger partial charge in [-0.05, 0) is 49.7 Å². The number of alkyl halides is 3. The molecule has 7 heteroatoms. The molecule has 0 radical (unpaired) electrons. The number of halogens is 4. The van der Waals surface area contributed by atoms with E-state index in [0.29, 0.717) is 23.8 Å². The van der Waals surface area contributed by atoms with Gasteiger partial charge in [0.1, 0.15) is 17.4 Å². The molecule has 0 atom stereocenters. The lowest BCUT2D eigenvalue weighted by Crippen LogP contribution is -2.14. The molecular weight excluding hydrogens is 372 g/mol. The number of nitrogens with one attached hydrogen (secondary N) is 1. The van der Waals surface area contributed by atoms with Crippen molar-refractivity contribution in [1.82, 2.24) is 4.98 Å². The average Bonchev–Trinajstić information content (AvgIpc) is 2.62. The Morgan fingerprint density at radius 2 is 1.68 bits per heavy atom. The second-order valence-corrected chi connectivity index (χ2v) is 6.42. The van der Waals surface area contributed by atoms with Crippen molar-refractivity contribution in [2.24, 2.45) is 0 Å². The topological polar surface area (TPSA) is 56.6 Å². The van der Waals surface area contributed by atoms with E-state index in [1.54, 1.807) is 19.1 Å². The lowest BCUT2D eigenvalue weighted by Gasteiger charge is -2.13. The molecule has 0 amide bonds. The zero-order valence-electron chi connectivity index (χ0n) is 14.9. The van der Waals surface area contributed by atoms with Crippen LogP contribution in [-0.2, 0) is 6.18 Å². The molecule has 0 aliphatic heterocycles. The molecular formula is C21H14F4N2O. The Labute approximate surface area is 157 Å². The van der Waals surface area contributed by atoms with Crippen LogP contribution in [0.25, 0.3) is 22.4 Å². The first-order valence-corrected chi connectivity index (χ1v) is 8.24. The summed E-state index contributed by atoms with van der Waals surface area (Å²) in [5.41, 5.74) is -0.331. The third-order valence-corrected chi connectivity index (χ3v) is 4.41. The monoisotopic (exact) mass is 386 g/mol.